The van der Waals surface area contributed by atoms with E-state index in [1.54, 1.807) is 0 Å². The fourth-order valence-electron chi connectivity index (χ4n) is 1.55. The zero-order chi connectivity index (χ0) is 14.4. The number of phenols is 1. The van der Waals surface area contributed by atoms with Gasteiger partial charge in [0.05, 0.1) is 4.92 Å². The Morgan fingerprint density at radius 1 is 1.21 bits per heavy atom. The van der Waals surface area contributed by atoms with E-state index in [0.717, 1.165) is 12.1 Å². The molecule has 0 saturated heterocycles. The summed E-state index contributed by atoms with van der Waals surface area (Å²) in [7, 11) is 0. The van der Waals surface area contributed by atoms with Crippen molar-refractivity contribution in [2.75, 3.05) is 0 Å². The van der Waals surface area contributed by atoms with E-state index >= 15 is 0 Å². The van der Waals surface area contributed by atoms with Crippen LogP contribution in [0.15, 0.2) is 18.2 Å². The Hall–Kier alpha value is -2.44. The molecular weight excluding hydrogens is 254 g/mol. The smallest absolute Gasteiger partial charge is 0.311 e. The van der Waals surface area contributed by atoms with Crippen molar-refractivity contribution >= 4 is 17.4 Å². The minimum absolute atomic E-state index is 0.0109. The summed E-state index contributed by atoms with van der Waals surface area (Å²) in [6.07, 6.45) is 0.888. The summed E-state index contributed by atoms with van der Waals surface area (Å²) in [5, 5.41) is 28.3. The minimum atomic E-state index is -0.923. The van der Waals surface area contributed by atoms with Crippen LogP contribution < -0.4 is 0 Å². The van der Waals surface area contributed by atoms with Gasteiger partial charge in [0.15, 0.2) is 11.5 Å². The Kier molecular flexibility index (Phi) is 4.99. The van der Waals surface area contributed by atoms with Crippen molar-refractivity contribution < 1.29 is 24.7 Å². The van der Waals surface area contributed by atoms with Gasteiger partial charge in [-0.25, -0.2) is 0 Å². The van der Waals surface area contributed by atoms with Crippen LogP contribution in [0, 0.1) is 10.1 Å². The van der Waals surface area contributed by atoms with Crippen LogP contribution >= 0.6 is 0 Å². The van der Waals surface area contributed by atoms with E-state index in [1.165, 1.54) is 6.07 Å². The number of hydrogen-bond donors (Lipinski definition) is 2. The number of ketones is 1. The van der Waals surface area contributed by atoms with Crippen molar-refractivity contribution in [3.63, 3.8) is 0 Å². The molecule has 102 valence electrons. The van der Waals surface area contributed by atoms with Crippen LogP contribution in [0.3, 0.4) is 0 Å². The van der Waals surface area contributed by atoms with Crippen molar-refractivity contribution in [2.45, 2.75) is 25.7 Å². The molecule has 1 rings (SSSR count). The van der Waals surface area contributed by atoms with Crippen LogP contribution in [0.5, 0.6) is 5.75 Å². The number of aromatic hydroxyl groups is 1. The highest BCUT2D eigenvalue weighted by Crippen LogP contribution is 2.26. The zero-order valence-electron chi connectivity index (χ0n) is 10.0. The Bertz CT molecular complexity index is 511. The Labute approximate surface area is 108 Å². The molecule has 0 aliphatic rings. The second-order valence-electron chi connectivity index (χ2n) is 3.98. The normalized spacial score (nSPS) is 10.1. The van der Waals surface area contributed by atoms with Crippen LogP contribution in [0.1, 0.15) is 36.0 Å². The third-order valence-electron chi connectivity index (χ3n) is 2.54. The SMILES string of the molecule is O=C(O)CCCCC(=O)c1ccc(O)c([N+](=O)[O-])c1. The molecule has 19 heavy (non-hydrogen) atoms. The summed E-state index contributed by atoms with van der Waals surface area (Å²) in [6, 6.07) is 3.43. The average molecular weight is 267 g/mol. The number of nitro groups is 1. The lowest BCUT2D eigenvalue weighted by molar-refractivity contribution is -0.385. The summed E-state index contributed by atoms with van der Waals surface area (Å²) in [5.41, 5.74) is -0.379. The van der Waals surface area contributed by atoms with Gasteiger partial charge in [-0.05, 0) is 25.0 Å². The van der Waals surface area contributed by atoms with Gasteiger partial charge in [-0.1, -0.05) is 0 Å². The molecule has 0 bridgehead atoms. The molecule has 0 heterocycles. The van der Waals surface area contributed by atoms with Gasteiger partial charge in [-0.3, -0.25) is 19.7 Å². The van der Waals surface area contributed by atoms with E-state index in [1.807, 2.05) is 0 Å². The Balaban J connectivity index is 2.65. The lowest BCUT2D eigenvalue weighted by atomic mass is 10.0. The fourth-order valence-corrected chi connectivity index (χ4v) is 1.55. The van der Waals surface area contributed by atoms with E-state index in [0.29, 0.717) is 12.8 Å². The van der Waals surface area contributed by atoms with Gasteiger partial charge in [0, 0.05) is 24.5 Å². The maximum Gasteiger partial charge on any atom is 0.311 e. The molecule has 0 amide bonds. The predicted octanol–water partition coefficient (Wildman–Crippen LogP) is 2.13. The molecule has 0 aliphatic heterocycles. The summed E-state index contributed by atoms with van der Waals surface area (Å²) in [6.45, 7) is 0. The van der Waals surface area contributed by atoms with Crippen molar-refractivity contribution in [1.29, 1.82) is 0 Å². The molecule has 0 spiro atoms. The second kappa shape index (κ2) is 6.48. The summed E-state index contributed by atoms with van der Waals surface area (Å²) < 4.78 is 0. The molecule has 1 aromatic carbocycles. The number of benzene rings is 1. The first-order chi connectivity index (χ1) is 8.91. The summed E-state index contributed by atoms with van der Waals surface area (Å²) in [5.74, 6) is -1.73. The van der Waals surface area contributed by atoms with Crippen LogP contribution in [0.25, 0.3) is 0 Å². The topological polar surface area (TPSA) is 118 Å². The molecule has 7 heteroatoms. The number of hydrogen-bond acceptors (Lipinski definition) is 5. The molecular formula is C12H13NO6. The van der Waals surface area contributed by atoms with Crippen LogP contribution in [0.4, 0.5) is 5.69 Å². The molecule has 0 saturated carbocycles. The van der Waals surface area contributed by atoms with E-state index in [-0.39, 0.29) is 24.2 Å². The first-order valence-corrected chi connectivity index (χ1v) is 5.64. The number of rotatable bonds is 7. The monoisotopic (exact) mass is 267 g/mol. The van der Waals surface area contributed by atoms with E-state index < -0.39 is 22.3 Å². The van der Waals surface area contributed by atoms with Gasteiger partial charge in [-0.2, -0.15) is 0 Å². The van der Waals surface area contributed by atoms with Gasteiger partial charge in [0.2, 0.25) is 0 Å². The van der Waals surface area contributed by atoms with Gasteiger partial charge in [0.1, 0.15) is 0 Å². The number of unbranched alkanes of at least 4 members (excludes halogenated alkanes) is 1. The number of Topliss-reactive ketones (excluding diaryl/α,β-unsaturated/α-hetero) is 1. The molecule has 1 aromatic rings. The van der Waals surface area contributed by atoms with Crippen molar-refractivity contribution in [1.82, 2.24) is 0 Å². The number of nitrogens with zero attached hydrogens (tertiary/aromatic N) is 1. The quantitative estimate of drug-likeness (QED) is 0.338. The Morgan fingerprint density at radius 3 is 2.42 bits per heavy atom. The highest BCUT2D eigenvalue weighted by Gasteiger charge is 2.16. The maximum atomic E-state index is 11.7. The number of carbonyl (C=O) groups is 2. The van der Waals surface area contributed by atoms with Crippen molar-refractivity contribution in [3.8, 4) is 5.75 Å². The molecule has 0 atom stereocenters. The number of carboxylic acid groups (broad SMARTS) is 1. The van der Waals surface area contributed by atoms with Crippen molar-refractivity contribution in [3.05, 3.63) is 33.9 Å². The molecule has 0 radical (unpaired) electrons. The molecule has 0 fully saturated rings. The van der Waals surface area contributed by atoms with Gasteiger partial charge < -0.3 is 10.2 Å². The number of carboxylic acids is 1. The molecule has 7 nitrogen and oxygen atoms in total. The third kappa shape index (κ3) is 4.38. The van der Waals surface area contributed by atoms with Crippen LogP contribution in [0.2, 0.25) is 0 Å². The highest BCUT2D eigenvalue weighted by molar-refractivity contribution is 5.96. The van der Waals surface area contributed by atoms with E-state index in [9.17, 15) is 24.8 Å². The third-order valence-corrected chi connectivity index (χ3v) is 2.54. The lowest BCUT2D eigenvalue weighted by Crippen LogP contribution is -2.01. The van der Waals surface area contributed by atoms with Crippen LogP contribution in [-0.2, 0) is 4.79 Å². The standard InChI is InChI=1S/C12H13NO6/c14-10(3-1-2-4-12(16)17)8-5-6-11(15)9(7-8)13(18)19/h5-7,15H,1-4H2,(H,16,17). The second-order valence-corrected chi connectivity index (χ2v) is 3.98. The van der Waals surface area contributed by atoms with Gasteiger partial charge >= 0.3 is 11.7 Å². The number of aliphatic carboxylic acids is 1. The largest absolute Gasteiger partial charge is 0.502 e. The van der Waals surface area contributed by atoms with Crippen molar-refractivity contribution in [2.24, 2.45) is 0 Å². The summed E-state index contributed by atoms with van der Waals surface area (Å²) >= 11 is 0. The van der Waals surface area contributed by atoms with E-state index in [2.05, 4.69) is 0 Å². The predicted molar refractivity (Wildman–Crippen MR) is 65.2 cm³/mol. The van der Waals surface area contributed by atoms with Gasteiger partial charge in [-0.15, -0.1) is 0 Å². The zero-order valence-corrected chi connectivity index (χ0v) is 10.0. The molecule has 0 aliphatic carbocycles. The fraction of sp³-hybridized carbons (Fsp3) is 0.333. The van der Waals surface area contributed by atoms with Crippen LogP contribution in [-0.4, -0.2) is 26.9 Å². The number of phenolic OH excluding ortho intramolecular Hbond substituents is 1. The number of carbonyl (C=O) groups excluding carboxylic acids is 1. The Morgan fingerprint density at radius 2 is 1.84 bits per heavy atom. The van der Waals surface area contributed by atoms with E-state index in [4.69, 9.17) is 5.11 Å². The summed E-state index contributed by atoms with van der Waals surface area (Å²) in [4.78, 5) is 31.8. The average Bonchev–Trinajstić information content (AvgIpc) is 2.34. The molecule has 2 N–H and O–H groups in total. The number of nitro benzene ring substituents is 1. The maximum absolute atomic E-state index is 11.7. The van der Waals surface area contributed by atoms with Gasteiger partial charge in [0.25, 0.3) is 0 Å². The first-order valence-electron chi connectivity index (χ1n) is 5.64. The molecule has 0 unspecified atom stereocenters. The molecule has 0 aromatic heterocycles. The first kappa shape index (κ1) is 14.6. The lowest BCUT2D eigenvalue weighted by Gasteiger charge is -2.02. The minimum Gasteiger partial charge on any atom is -0.502 e. The highest BCUT2D eigenvalue weighted by atomic mass is 16.6.